The number of imide groups is 1. The highest BCUT2D eigenvalue weighted by atomic mass is 19.1. The summed E-state index contributed by atoms with van der Waals surface area (Å²) >= 11 is 0. The Morgan fingerprint density at radius 1 is 0.709 bits per heavy atom. The predicted octanol–water partition coefficient (Wildman–Crippen LogP) is 7.79. The van der Waals surface area contributed by atoms with E-state index in [1.54, 1.807) is 103 Å². The third-order valence-corrected chi connectivity index (χ3v) is 12.1. The van der Waals surface area contributed by atoms with Gasteiger partial charge in [0.25, 0.3) is 0 Å². The topological polar surface area (TPSA) is 109 Å². The van der Waals surface area contributed by atoms with Crippen LogP contribution in [-0.2, 0) is 24.6 Å². The van der Waals surface area contributed by atoms with Gasteiger partial charge in [0.1, 0.15) is 0 Å². The highest BCUT2D eigenvalue weighted by Gasteiger charge is 2.66. The molecule has 0 bridgehead atoms. The van der Waals surface area contributed by atoms with Gasteiger partial charge in [-0.1, -0.05) is 115 Å². The van der Waals surface area contributed by atoms with Crippen molar-refractivity contribution >= 4 is 40.4 Å². The van der Waals surface area contributed by atoms with Gasteiger partial charge in [-0.25, -0.2) is 4.39 Å². The first-order valence-corrected chi connectivity index (χ1v) is 18.4. The van der Waals surface area contributed by atoms with Crippen LogP contribution in [0.3, 0.4) is 0 Å². The number of allylic oxidation sites excluding steroid dienone is 4. The van der Waals surface area contributed by atoms with Crippen molar-refractivity contribution in [2.45, 2.75) is 24.2 Å². The maximum Gasteiger partial charge on any atom is 0.238 e. The molecule has 2 fully saturated rings. The number of carbonyl (C=O) groups excluding carboxylic acids is 5. The number of carbonyl (C=O) groups is 5. The summed E-state index contributed by atoms with van der Waals surface area (Å²) in [7, 11) is 0. The first kappa shape index (κ1) is 34.2. The molecule has 0 spiro atoms. The Balaban J connectivity index is 1.18. The number of halogens is 1. The molecule has 3 aliphatic carbocycles. The molecule has 1 heterocycles. The van der Waals surface area contributed by atoms with Gasteiger partial charge in [0.05, 0.1) is 22.9 Å². The summed E-state index contributed by atoms with van der Waals surface area (Å²) in [6, 6.07) is 37.2. The summed E-state index contributed by atoms with van der Waals surface area (Å²) in [5, 5.41) is 11.4. The van der Waals surface area contributed by atoms with Crippen LogP contribution in [0.5, 0.6) is 5.75 Å². The number of phenols is 1. The number of anilines is 1. The van der Waals surface area contributed by atoms with Crippen molar-refractivity contribution in [2.24, 2.45) is 23.7 Å². The van der Waals surface area contributed by atoms with Gasteiger partial charge in [-0.3, -0.25) is 28.9 Å². The Hall–Kier alpha value is -6.54. The van der Waals surface area contributed by atoms with Gasteiger partial charge in [0.15, 0.2) is 28.9 Å². The number of aromatic hydroxyl groups is 1. The highest BCUT2D eigenvalue weighted by molar-refractivity contribution is 6.32. The molecule has 1 N–H and O–H groups in total. The monoisotopic (exact) mass is 727 g/mol. The number of phenolic OH excluding ortho intramolecular Hbond substituents is 1. The zero-order chi connectivity index (χ0) is 38.0. The minimum absolute atomic E-state index is 0.0700. The van der Waals surface area contributed by atoms with Crippen molar-refractivity contribution in [3.8, 4) is 5.75 Å². The predicted molar refractivity (Wildman–Crippen MR) is 203 cm³/mol. The van der Waals surface area contributed by atoms with E-state index >= 15 is 14.0 Å². The Labute approximate surface area is 316 Å². The lowest BCUT2D eigenvalue weighted by Crippen LogP contribution is -2.58. The summed E-state index contributed by atoms with van der Waals surface area (Å²) in [4.78, 5) is 73.3. The number of hydrogen-bond donors (Lipinski definition) is 1. The molecule has 8 heteroatoms. The van der Waals surface area contributed by atoms with E-state index in [9.17, 15) is 19.5 Å². The molecule has 1 saturated carbocycles. The van der Waals surface area contributed by atoms with Crippen LogP contribution >= 0.6 is 0 Å². The molecule has 0 aromatic heterocycles. The van der Waals surface area contributed by atoms with Crippen LogP contribution in [0.15, 0.2) is 151 Å². The van der Waals surface area contributed by atoms with E-state index < -0.39 is 58.4 Å². The average molecular weight is 728 g/mol. The Kier molecular flexibility index (Phi) is 8.15. The minimum atomic E-state index is -1.59. The molecule has 270 valence electrons. The van der Waals surface area contributed by atoms with Gasteiger partial charge in [-0.05, 0) is 66.3 Å². The second kappa shape index (κ2) is 13.1. The molecule has 1 saturated heterocycles. The van der Waals surface area contributed by atoms with Crippen molar-refractivity contribution in [3.05, 3.63) is 185 Å². The second-order valence-corrected chi connectivity index (χ2v) is 14.7. The largest absolute Gasteiger partial charge is 0.505 e. The molecule has 5 aromatic carbocycles. The summed E-state index contributed by atoms with van der Waals surface area (Å²) in [5.41, 5.74) is 1.74. The zero-order valence-corrected chi connectivity index (χ0v) is 29.5. The molecule has 4 aliphatic rings. The number of hydrogen-bond acceptors (Lipinski definition) is 6. The van der Waals surface area contributed by atoms with Crippen LogP contribution in [0.1, 0.15) is 51.4 Å². The fraction of sp³-hybridized carbons (Fsp3) is 0.170. The Morgan fingerprint density at radius 3 is 2.04 bits per heavy atom. The van der Waals surface area contributed by atoms with Crippen molar-refractivity contribution in [1.29, 1.82) is 0 Å². The van der Waals surface area contributed by atoms with Crippen molar-refractivity contribution in [2.75, 3.05) is 4.90 Å². The van der Waals surface area contributed by atoms with Crippen LogP contribution in [0.25, 0.3) is 5.57 Å². The third-order valence-electron chi connectivity index (χ3n) is 12.1. The van der Waals surface area contributed by atoms with E-state index in [0.717, 1.165) is 6.07 Å². The third kappa shape index (κ3) is 5.12. The molecule has 9 rings (SSSR count). The number of fused-ring (bicyclic) bond motifs is 4. The van der Waals surface area contributed by atoms with E-state index in [-0.39, 0.29) is 41.3 Å². The molecule has 0 unspecified atom stereocenters. The number of rotatable bonds is 6. The normalized spacial score (nSPS) is 25.8. The first-order chi connectivity index (χ1) is 26.7. The molecule has 1 aliphatic heterocycles. The molecule has 6 atom stereocenters. The van der Waals surface area contributed by atoms with Crippen LogP contribution in [-0.4, -0.2) is 34.3 Å². The van der Waals surface area contributed by atoms with E-state index in [2.05, 4.69) is 0 Å². The van der Waals surface area contributed by atoms with Gasteiger partial charge in [0, 0.05) is 34.1 Å². The van der Waals surface area contributed by atoms with Crippen LogP contribution < -0.4 is 4.90 Å². The van der Waals surface area contributed by atoms with Crippen LogP contribution in [0.4, 0.5) is 10.1 Å². The van der Waals surface area contributed by atoms with Gasteiger partial charge in [-0.2, -0.15) is 0 Å². The van der Waals surface area contributed by atoms with E-state index in [1.807, 2.05) is 24.3 Å². The smallest absolute Gasteiger partial charge is 0.238 e. The van der Waals surface area contributed by atoms with Gasteiger partial charge in [0.2, 0.25) is 11.8 Å². The molecule has 7 nitrogen and oxygen atoms in total. The lowest BCUT2D eigenvalue weighted by Gasteiger charge is -2.55. The number of nitrogens with zero attached hydrogens (tertiary/aromatic N) is 1. The Bertz CT molecular complexity index is 2480. The molecular weight excluding hydrogens is 694 g/mol. The standard InChI is InChI=1S/C47H34FNO6/c48-38-18-10-17-34(44(38)53)41-32-23-24-33-40(46(55)49(45(33)54)31-21-19-29(20-22-31)42(51)28-13-6-2-7-14-28)36(32)25-37-43(52)35(27-11-4-1-5-12-27)26-39(50)47(37,41)30-15-8-3-9-16-30/h1-23,26,33,36-37,40-41,53H,24-25H2/t33-,36+,37-,40-,41+,47-/m0/s1. The first-order valence-electron chi connectivity index (χ1n) is 18.4. The molecule has 0 radical (unpaired) electrons. The summed E-state index contributed by atoms with van der Waals surface area (Å²) in [6.45, 7) is 0. The molecule has 5 aromatic rings. The van der Waals surface area contributed by atoms with Gasteiger partial charge in [-0.15, -0.1) is 0 Å². The summed E-state index contributed by atoms with van der Waals surface area (Å²) in [6.07, 6.45) is 3.49. The number of para-hydroxylation sites is 1. The summed E-state index contributed by atoms with van der Waals surface area (Å²) < 4.78 is 15.3. The number of amides is 2. The van der Waals surface area contributed by atoms with Gasteiger partial charge < -0.3 is 5.11 Å². The lowest BCUT2D eigenvalue weighted by molar-refractivity contribution is -0.135. The zero-order valence-electron chi connectivity index (χ0n) is 29.5. The SMILES string of the molecule is O=C(c1ccccc1)c1ccc(N2C(=O)[C@H]3[C@H](CC=C4[C@H]3C[C@H]3C(=O)C(c5ccccc5)=CC(=O)[C@@]3(c3ccccc3)[C@H]4c3cccc(F)c3O)C2=O)cc1. The highest BCUT2D eigenvalue weighted by Crippen LogP contribution is 2.64. The lowest BCUT2D eigenvalue weighted by atomic mass is 9.44. The van der Waals surface area contributed by atoms with Crippen LogP contribution in [0.2, 0.25) is 0 Å². The average Bonchev–Trinajstić information content (AvgIpc) is 3.49. The Morgan fingerprint density at radius 2 is 1.35 bits per heavy atom. The number of benzene rings is 5. The van der Waals surface area contributed by atoms with Crippen LogP contribution in [0, 0.1) is 29.5 Å². The van der Waals surface area contributed by atoms with E-state index in [4.69, 9.17) is 0 Å². The number of ketones is 3. The van der Waals surface area contributed by atoms with Crippen molar-refractivity contribution in [3.63, 3.8) is 0 Å². The van der Waals surface area contributed by atoms with Crippen molar-refractivity contribution in [1.82, 2.24) is 0 Å². The van der Waals surface area contributed by atoms with E-state index in [1.165, 1.54) is 17.0 Å². The maximum atomic E-state index is 15.3. The minimum Gasteiger partial charge on any atom is -0.505 e. The molecule has 55 heavy (non-hydrogen) atoms. The second-order valence-electron chi connectivity index (χ2n) is 14.7. The molecular formula is C47H34FNO6. The fourth-order valence-corrected chi connectivity index (χ4v) is 9.76. The van der Waals surface area contributed by atoms with Crippen molar-refractivity contribution < 1.29 is 33.5 Å². The van der Waals surface area contributed by atoms with E-state index in [0.29, 0.717) is 33.5 Å². The van der Waals surface area contributed by atoms with Gasteiger partial charge >= 0.3 is 0 Å². The summed E-state index contributed by atoms with van der Waals surface area (Å²) in [5.74, 6) is -7.63. The quantitative estimate of drug-likeness (QED) is 0.109. The maximum absolute atomic E-state index is 15.3. The fourth-order valence-electron chi connectivity index (χ4n) is 9.76. The number of Topliss-reactive ketones (excluding diaryl/α,β-unsaturated/α-hetero) is 1. The molecule has 2 amide bonds.